The van der Waals surface area contributed by atoms with Crippen LogP contribution in [0, 0.1) is 0 Å². The van der Waals surface area contributed by atoms with E-state index in [1.165, 1.54) is 0 Å². The van der Waals surface area contributed by atoms with E-state index in [1.807, 2.05) is 30.3 Å². The molecule has 4 bridgehead atoms. The number of benzene rings is 1. The van der Waals surface area contributed by atoms with E-state index in [2.05, 4.69) is 15.1 Å². The zero-order valence-electron chi connectivity index (χ0n) is 13.2. The van der Waals surface area contributed by atoms with Crippen molar-refractivity contribution in [3.63, 3.8) is 0 Å². The summed E-state index contributed by atoms with van der Waals surface area (Å²) in [6.45, 7) is 0.919. The molecule has 1 amide bonds. The number of nitrogens with zero attached hydrogens (tertiary/aromatic N) is 5. The lowest BCUT2D eigenvalue weighted by Gasteiger charge is -2.16. The summed E-state index contributed by atoms with van der Waals surface area (Å²) in [6, 6.07) is 9.41. The highest BCUT2D eigenvalue weighted by Gasteiger charge is 2.26. The van der Waals surface area contributed by atoms with E-state index in [0.717, 1.165) is 11.3 Å². The molecule has 0 spiro atoms. The summed E-state index contributed by atoms with van der Waals surface area (Å²) >= 11 is 0. The molecule has 2 aromatic heterocycles. The molecule has 0 radical (unpaired) electrons. The lowest BCUT2D eigenvalue weighted by Crippen LogP contribution is -2.29. The van der Waals surface area contributed by atoms with Gasteiger partial charge in [-0.25, -0.2) is 14.5 Å². The van der Waals surface area contributed by atoms with E-state index in [1.54, 1.807) is 34.1 Å². The van der Waals surface area contributed by atoms with Crippen LogP contribution in [0.3, 0.4) is 0 Å². The first kappa shape index (κ1) is 13.9. The number of aliphatic imine (C=N–C) groups is 1. The van der Waals surface area contributed by atoms with Crippen molar-refractivity contribution in [1.82, 2.24) is 19.5 Å². The molecule has 25 heavy (non-hydrogen) atoms. The molecule has 0 fully saturated rings. The summed E-state index contributed by atoms with van der Waals surface area (Å²) in [5.41, 5.74) is 1.81. The van der Waals surface area contributed by atoms with Crippen LogP contribution in [0.15, 0.2) is 59.6 Å². The average Bonchev–Trinajstić information content (AvgIpc) is 3.26. The quantitative estimate of drug-likeness (QED) is 0.633. The molecule has 5 rings (SSSR count). The van der Waals surface area contributed by atoms with Crippen LogP contribution in [0.25, 0.3) is 5.65 Å². The maximum atomic E-state index is 12.8. The molecule has 7 nitrogen and oxygen atoms in total. The lowest BCUT2D eigenvalue weighted by molar-refractivity contribution is 0.0792. The van der Waals surface area contributed by atoms with Gasteiger partial charge in [0, 0.05) is 30.6 Å². The Hall–Kier alpha value is -3.48. The van der Waals surface area contributed by atoms with Crippen molar-refractivity contribution in [3.05, 3.63) is 65.7 Å². The number of carbonyl (C=O) groups excluding carboxylic acids is 1. The first-order valence-corrected chi connectivity index (χ1v) is 7.91. The van der Waals surface area contributed by atoms with Gasteiger partial charge in [0.05, 0.1) is 12.7 Å². The van der Waals surface area contributed by atoms with E-state index in [-0.39, 0.29) is 5.91 Å². The maximum Gasteiger partial charge on any atom is 0.260 e. The Morgan fingerprint density at radius 1 is 1.16 bits per heavy atom. The van der Waals surface area contributed by atoms with Crippen molar-refractivity contribution >= 4 is 23.6 Å². The number of carbonyl (C=O) groups is 1. The third kappa shape index (κ3) is 2.28. The van der Waals surface area contributed by atoms with E-state index >= 15 is 0 Å². The first-order chi connectivity index (χ1) is 12.3. The van der Waals surface area contributed by atoms with Crippen molar-refractivity contribution in [1.29, 1.82) is 0 Å². The van der Waals surface area contributed by atoms with Crippen LogP contribution >= 0.6 is 0 Å². The molecule has 0 atom stereocenters. The molecule has 122 valence electrons. The minimum Gasteiger partial charge on any atom is -0.459 e. The Labute approximate surface area is 142 Å². The van der Waals surface area contributed by atoms with Gasteiger partial charge in [-0.2, -0.15) is 5.10 Å². The van der Waals surface area contributed by atoms with E-state index in [0.29, 0.717) is 35.9 Å². The third-order valence-electron chi connectivity index (χ3n) is 4.25. The van der Waals surface area contributed by atoms with Crippen molar-refractivity contribution in [2.45, 2.75) is 0 Å². The standard InChI is InChI=1S/C18H13N5O2/c24-18-14-10-20-23-8-6-16(21-17(14)23)19-9-12-3-1-2-4-15(12)25-13-5-7-22(18)11-13/h1-6,8-10H,7,11H2. The van der Waals surface area contributed by atoms with Crippen molar-refractivity contribution < 1.29 is 9.53 Å². The fraction of sp³-hybridized carbons (Fsp3) is 0.111. The normalized spacial score (nSPS) is 16.1. The molecule has 3 aromatic rings. The summed E-state index contributed by atoms with van der Waals surface area (Å²) in [5.74, 6) is 1.84. The number of hydrogen-bond acceptors (Lipinski definition) is 5. The summed E-state index contributed by atoms with van der Waals surface area (Å²) in [6.07, 6.45) is 6.94. The third-order valence-corrected chi connectivity index (χ3v) is 4.25. The van der Waals surface area contributed by atoms with Crippen LogP contribution in [0.5, 0.6) is 5.75 Å². The Balaban J connectivity index is 1.71. The minimum atomic E-state index is -0.119. The Bertz CT molecular complexity index is 1070. The smallest absolute Gasteiger partial charge is 0.260 e. The molecular weight excluding hydrogens is 318 g/mol. The van der Waals surface area contributed by atoms with E-state index < -0.39 is 0 Å². The summed E-state index contributed by atoms with van der Waals surface area (Å²) < 4.78 is 7.58. The van der Waals surface area contributed by atoms with Crippen LogP contribution in [0.4, 0.5) is 5.82 Å². The van der Waals surface area contributed by atoms with E-state index in [4.69, 9.17) is 4.74 Å². The average molecular weight is 331 g/mol. The van der Waals surface area contributed by atoms with Gasteiger partial charge < -0.3 is 9.64 Å². The Kier molecular flexibility index (Phi) is 2.93. The fourth-order valence-corrected chi connectivity index (χ4v) is 2.97. The predicted molar refractivity (Wildman–Crippen MR) is 91.3 cm³/mol. The predicted octanol–water partition coefficient (Wildman–Crippen LogP) is 2.21. The number of rotatable bonds is 0. The van der Waals surface area contributed by atoms with Gasteiger partial charge >= 0.3 is 0 Å². The van der Waals surface area contributed by atoms with Crippen LogP contribution in [0.1, 0.15) is 15.9 Å². The second kappa shape index (κ2) is 5.27. The van der Waals surface area contributed by atoms with Gasteiger partial charge in [0.25, 0.3) is 5.91 Å². The molecule has 7 heteroatoms. The molecule has 4 heterocycles. The van der Waals surface area contributed by atoms with Crippen LogP contribution < -0.4 is 4.74 Å². The van der Waals surface area contributed by atoms with Crippen LogP contribution in [0.2, 0.25) is 0 Å². The molecule has 2 aliphatic heterocycles. The molecular formula is C18H13N5O2. The van der Waals surface area contributed by atoms with Crippen molar-refractivity contribution in [3.8, 4) is 5.75 Å². The number of para-hydroxylation sites is 1. The highest BCUT2D eigenvalue weighted by atomic mass is 16.5. The van der Waals surface area contributed by atoms with Crippen LogP contribution in [-0.4, -0.2) is 44.7 Å². The number of fused-ring (bicyclic) bond motifs is 4. The molecule has 0 N–H and O–H groups in total. The molecule has 0 saturated heterocycles. The fourth-order valence-electron chi connectivity index (χ4n) is 2.97. The van der Waals surface area contributed by atoms with Crippen LogP contribution in [-0.2, 0) is 0 Å². The SMILES string of the molecule is O=C1c2cnn3ccc(nc23)N=Cc2ccccc2OC2=CCN1C2. The minimum absolute atomic E-state index is 0.119. The second-order valence-electron chi connectivity index (χ2n) is 5.87. The highest BCUT2D eigenvalue weighted by Crippen LogP contribution is 2.24. The Morgan fingerprint density at radius 2 is 2.08 bits per heavy atom. The largest absolute Gasteiger partial charge is 0.459 e. The van der Waals surface area contributed by atoms with E-state index in [9.17, 15) is 4.79 Å². The topological polar surface area (TPSA) is 72.1 Å². The summed E-state index contributed by atoms with van der Waals surface area (Å²) in [4.78, 5) is 23.5. The van der Waals surface area contributed by atoms with Gasteiger partial charge in [-0.3, -0.25) is 4.79 Å². The van der Waals surface area contributed by atoms with Gasteiger partial charge in [0.15, 0.2) is 11.5 Å². The number of hydrogen-bond donors (Lipinski definition) is 0. The molecule has 1 aromatic carbocycles. The molecule has 0 saturated carbocycles. The van der Waals surface area contributed by atoms with Crippen molar-refractivity contribution in [2.24, 2.45) is 4.99 Å². The van der Waals surface area contributed by atoms with Gasteiger partial charge in [-0.05, 0) is 18.2 Å². The second-order valence-corrected chi connectivity index (χ2v) is 5.87. The summed E-state index contributed by atoms with van der Waals surface area (Å²) in [5, 5.41) is 4.21. The summed E-state index contributed by atoms with van der Waals surface area (Å²) in [7, 11) is 0. The lowest BCUT2D eigenvalue weighted by atomic mass is 10.2. The van der Waals surface area contributed by atoms with Crippen molar-refractivity contribution in [2.75, 3.05) is 13.1 Å². The van der Waals surface area contributed by atoms with Gasteiger partial charge in [0.1, 0.15) is 17.1 Å². The maximum absolute atomic E-state index is 12.8. The molecule has 0 aliphatic carbocycles. The number of amides is 1. The molecule has 2 aliphatic rings. The number of ether oxygens (including phenoxy) is 1. The monoisotopic (exact) mass is 331 g/mol. The number of aromatic nitrogens is 3. The first-order valence-electron chi connectivity index (χ1n) is 7.91. The van der Waals surface area contributed by atoms with Gasteiger partial charge in [0.2, 0.25) is 0 Å². The zero-order chi connectivity index (χ0) is 16.8. The highest BCUT2D eigenvalue weighted by molar-refractivity contribution is 6.00. The Morgan fingerprint density at radius 3 is 3.04 bits per heavy atom. The molecule has 0 unspecified atom stereocenters. The van der Waals surface area contributed by atoms with Gasteiger partial charge in [-0.15, -0.1) is 0 Å². The zero-order valence-corrected chi connectivity index (χ0v) is 13.2. The van der Waals surface area contributed by atoms with Gasteiger partial charge in [-0.1, -0.05) is 12.1 Å².